The SMILES string of the molecule is CC(C)(C)OC(=O)N1C[C@H]2CC(C(=O)O)C[C@H]2C1. The summed E-state index contributed by atoms with van der Waals surface area (Å²) < 4.78 is 5.33. The molecule has 1 saturated heterocycles. The highest BCUT2D eigenvalue weighted by molar-refractivity contribution is 5.71. The molecule has 0 spiro atoms. The van der Waals surface area contributed by atoms with Crippen LogP contribution < -0.4 is 0 Å². The number of carboxylic acids is 1. The van der Waals surface area contributed by atoms with E-state index in [1.807, 2.05) is 20.8 Å². The number of likely N-dealkylation sites (tertiary alicyclic amines) is 1. The van der Waals surface area contributed by atoms with Crippen molar-refractivity contribution in [2.75, 3.05) is 13.1 Å². The highest BCUT2D eigenvalue weighted by Gasteiger charge is 2.45. The van der Waals surface area contributed by atoms with Gasteiger partial charge in [-0.1, -0.05) is 0 Å². The smallest absolute Gasteiger partial charge is 0.410 e. The van der Waals surface area contributed by atoms with Crippen molar-refractivity contribution in [1.82, 2.24) is 4.90 Å². The highest BCUT2D eigenvalue weighted by atomic mass is 16.6. The fourth-order valence-electron chi connectivity index (χ4n) is 2.98. The zero-order valence-electron chi connectivity index (χ0n) is 11.2. The van der Waals surface area contributed by atoms with Crippen LogP contribution in [-0.2, 0) is 9.53 Å². The summed E-state index contributed by atoms with van der Waals surface area (Å²) in [7, 11) is 0. The van der Waals surface area contributed by atoms with Gasteiger partial charge in [-0.2, -0.15) is 0 Å². The van der Waals surface area contributed by atoms with E-state index < -0.39 is 11.6 Å². The second-order valence-corrected chi connectivity index (χ2v) is 6.41. The van der Waals surface area contributed by atoms with Gasteiger partial charge in [0.1, 0.15) is 5.60 Å². The second-order valence-electron chi connectivity index (χ2n) is 6.41. The van der Waals surface area contributed by atoms with Crippen LogP contribution in [0.3, 0.4) is 0 Å². The van der Waals surface area contributed by atoms with Crippen LogP contribution in [0.5, 0.6) is 0 Å². The molecule has 0 aromatic heterocycles. The minimum absolute atomic E-state index is 0.221. The fourth-order valence-corrected chi connectivity index (χ4v) is 2.98. The Hall–Kier alpha value is -1.26. The number of carboxylic acid groups (broad SMARTS) is 1. The molecule has 1 amide bonds. The number of aliphatic carboxylic acids is 1. The molecule has 0 radical (unpaired) electrons. The van der Waals surface area contributed by atoms with Crippen LogP contribution in [0, 0.1) is 17.8 Å². The first-order valence-electron chi connectivity index (χ1n) is 6.47. The number of fused-ring (bicyclic) bond motifs is 1. The predicted octanol–water partition coefficient (Wildman–Crippen LogP) is 1.96. The number of carbonyl (C=O) groups excluding carboxylic acids is 1. The zero-order chi connectivity index (χ0) is 13.5. The van der Waals surface area contributed by atoms with Gasteiger partial charge in [0, 0.05) is 13.1 Å². The van der Waals surface area contributed by atoms with Gasteiger partial charge in [-0.15, -0.1) is 0 Å². The van der Waals surface area contributed by atoms with Crippen molar-refractivity contribution in [3.05, 3.63) is 0 Å². The van der Waals surface area contributed by atoms with E-state index in [0.29, 0.717) is 37.8 Å². The Morgan fingerprint density at radius 3 is 2.06 bits per heavy atom. The average Bonchev–Trinajstić information content (AvgIpc) is 2.69. The minimum Gasteiger partial charge on any atom is -0.481 e. The number of hydrogen-bond donors (Lipinski definition) is 1. The quantitative estimate of drug-likeness (QED) is 0.777. The van der Waals surface area contributed by atoms with Crippen molar-refractivity contribution in [2.24, 2.45) is 17.8 Å². The molecule has 2 fully saturated rings. The summed E-state index contributed by atoms with van der Waals surface area (Å²) in [4.78, 5) is 24.5. The Labute approximate surface area is 107 Å². The Bertz CT molecular complexity index is 346. The molecule has 5 heteroatoms. The molecule has 1 N–H and O–H groups in total. The van der Waals surface area contributed by atoms with E-state index in [9.17, 15) is 9.59 Å². The Kier molecular flexibility index (Phi) is 3.25. The van der Waals surface area contributed by atoms with Crippen LogP contribution in [-0.4, -0.2) is 40.8 Å². The molecule has 1 unspecified atom stereocenters. The summed E-state index contributed by atoms with van der Waals surface area (Å²) in [5.41, 5.74) is -0.474. The lowest BCUT2D eigenvalue weighted by molar-refractivity contribution is -0.141. The van der Waals surface area contributed by atoms with Gasteiger partial charge in [0.25, 0.3) is 0 Å². The molecule has 2 aliphatic rings. The van der Waals surface area contributed by atoms with E-state index in [1.54, 1.807) is 4.90 Å². The third kappa shape index (κ3) is 2.76. The maximum atomic E-state index is 11.9. The molecule has 1 saturated carbocycles. The molecular weight excluding hydrogens is 234 g/mol. The largest absolute Gasteiger partial charge is 0.481 e. The van der Waals surface area contributed by atoms with E-state index in [-0.39, 0.29) is 12.0 Å². The molecule has 1 heterocycles. The Morgan fingerprint density at radius 1 is 1.17 bits per heavy atom. The molecule has 0 aromatic carbocycles. The number of carbonyl (C=O) groups is 2. The number of nitrogens with zero attached hydrogens (tertiary/aromatic N) is 1. The summed E-state index contributed by atoms with van der Waals surface area (Å²) in [6.45, 7) is 6.83. The first-order chi connectivity index (χ1) is 8.26. The maximum absolute atomic E-state index is 11.9. The first-order valence-corrected chi connectivity index (χ1v) is 6.47. The molecule has 0 bridgehead atoms. The topological polar surface area (TPSA) is 66.8 Å². The van der Waals surface area contributed by atoms with Crippen molar-refractivity contribution >= 4 is 12.1 Å². The first kappa shape index (κ1) is 13.2. The number of hydrogen-bond acceptors (Lipinski definition) is 3. The zero-order valence-corrected chi connectivity index (χ0v) is 11.2. The molecule has 102 valence electrons. The minimum atomic E-state index is -0.701. The normalized spacial score (nSPS) is 31.3. The second kappa shape index (κ2) is 4.44. The average molecular weight is 255 g/mol. The van der Waals surface area contributed by atoms with Gasteiger partial charge < -0.3 is 14.7 Å². The summed E-state index contributed by atoms with van der Waals surface area (Å²) in [5, 5.41) is 8.99. The van der Waals surface area contributed by atoms with Gasteiger partial charge in [-0.05, 0) is 45.4 Å². The van der Waals surface area contributed by atoms with E-state index in [4.69, 9.17) is 9.84 Å². The lowest BCUT2D eigenvalue weighted by Crippen LogP contribution is -2.36. The number of amides is 1. The van der Waals surface area contributed by atoms with E-state index in [0.717, 1.165) is 0 Å². The van der Waals surface area contributed by atoms with Crippen molar-refractivity contribution in [3.63, 3.8) is 0 Å². The molecule has 0 aromatic rings. The van der Waals surface area contributed by atoms with E-state index >= 15 is 0 Å². The predicted molar refractivity (Wildman–Crippen MR) is 65.1 cm³/mol. The number of rotatable bonds is 1. The Morgan fingerprint density at radius 2 is 1.67 bits per heavy atom. The molecular formula is C13H21NO4. The van der Waals surface area contributed by atoms with Crippen molar-refractivity contribution < 1.29 is 19.4 Å². The van der Waals surface area contributed by atoms with Crippen LogP contribution in [0.4, 0.5) is 4.79 Å². The van der Waals surface area contributed by atoms with Crippen LogP contribution >= 0.6 is 0 Å². The summed E-state index contributed by atoms with van der Waals surface area (Å²) >= 11 is 0. The van der Waals surface area contributed by atoms with Gasteiger partial charge >= 0.3 is 12.1 Å². The van der Waals surface area contributed by atoms with Gasteiger partial charge in [0.15, 0.2) is 0 Å². The van der Waals surface area contributed by atoms with Gasteiger partial charge in [-0.25, -0.2) is 4.79 Å². The van der Waals surface area contributed by atoms with Crippen LogP contribution in [0.25, 0.3) is 0 Å². The van der Waals surface area contributed by atoms with Crippen LogP contribution in [0.2, 0.25) is 0 Å². The molecule has 1 aliphatic carbocycles. The van der Waals surface area contributed by atoms with Gasteiger partial charge in [-0.3, -0.25) is 4.79 Å². The lowest BCUT2D eigenvalue weighted by Gasteiger charge is -2.25. The molecule has 18 heavy (non-hydrogen) atoms. The third-order valence-electron chi connectivity index (χ3n) is 3.75. The molecule has 5 nitrogen and oxygen atoms in total. The van der Waals surface area contributed by atoms with Crippen molar-refractivity contribution in [3.8, 4) is 0 Å². The summed E-state index contributed by atoms with van der Waals surface area (Å²) in [6.07, 6.45) is 1.11. The molecule has 3 atom stereocenters. The van der Waals surface area contributed by atoms with Crippen LogP contribution in [0.15, 0.2) is 0 Å². The number of ether oxygens (including phenoxy) is 1. The van der Waals surface area contributed by atoms with Gasteiger partial charge in [0.05, 0.1) is 5.92 Å². The third-order valence-corrected chi connectivity index (χ3v) is 3.75. The summed E-state index contributed by atoms with van der Waals surface area (Å²) in [6, 6.07) is 0. The standard InChI is InChI=1S/C13H21NO4/c1-13(2,3)18-12(17)14-6-9-4-8(11(15)16)5-10(9)7-14/h8-10H,4-7H2,1-3H3,(H,15,16)/t8?,9-,10+. The molecule has 2 rings (SSSR count). The fraction of sp³-hybridized carbons (Fsp3) is 0.846. The van der Waals surface area contributed by atoms with Crippen molar-refractivity contribution in [1.29, 1.82) is 0 Å². The van der Waals surface area contributed by atoms with Gasteiger partial charge in [0.2, 0.25) is 0 Å². The van der Waals surface area contributed by atoms with Crippen LogP contribution in [0.1, 0.15) is 33.6 Å². The highest BCUT2D eigenvalue weighted by Crippen LogP contribution is 2.41. The monoisotopic (exact) mass is 255 g/mol. The maximum Gasteiger partial charge on any atom is 0.410 e. The molecule has 1 aliphatic heterocycles. The van der Waals surface area contributed by atoms with E-state index in [2.05, 4.69) is 0 Å². The Balaban J connectivity index is 1.89. The lowest BCUT2D eigenvalue weighted by atomic mass is 10.0. The van der Waals surface area contributed by atoms with E-state index in [1.165, 1.54) is 0 Å². The van der Waals surface area contributed by atoms with Crippen molar-refractivity contribution in [2.45, 2.75) is 39.2 Å². The summed E-state index contributed by atoms with van der Waals surface area (Å²) in [5.74, 6) is -0.258.